The topological polar surface area (TPSA) is 123 Å². The average molecular weight is 485 g/mol. The highest BCUT2D eigenvalue weighted by Gasteiger charge is 2.46. The SMILES string of the molecule is Oc1ccc(C2(O)CCC3(CC2)OCCO3)nc1.Oc1ccc(C2=CCC3(CC2)OCCO3)nc1. The van der Waals surface area contributed by atoms with Gasteiger partial charge in [-0.1, -0.05) is 6.08 Å². The fraction of sp³-hybridized carbons (Fsp3) is 0.538. The van der Waals surface area contributed by atoms with Crippen LogP contribution in [0.1, 0.15) is 56.3 Å². The largest absolute Gasteiger partial charge is 0.506 e. The summed E-state index contributed by atoms with van der Waals surface area (Å²) in [6.45, 7) is 2.66. The van der Waals surface area contributed by atoms with Crippen molar-refractivity contribution in [1.82, 2.24) is 9.97 Å². The predicted molar refractivity (Wildman–Crippen MR) is 125 cm³/mol. The van der Waals surface area contributed by atoms with Crippen LogP contribution in [0.2, 0.25) is 0 Å². The molecule has 3 N–H and O–H groups in total. The van der Waals surface area contributed by atoms with Gasteiger partial charge in [-0.25, -0.2) is 0 Å². The Balaban J connectivity index is 0.000000145. The van der Waals surface area contributed by atoms with Crippen LogP contribution in [-0.2, 0) is 24.5 Å². The molecule has 35 heavy (non-hydrogen) atoms. The highest BCUT2D eigenvalue weighted by atomic mass is 16.7. The quantitative estimate of drug-likeness (QED) is 0.588. The Morgan fingerprint density at radius 2 is 1.29 bits per heavy atom. The number of ether oxygens (including phenoxy) is 4. The Morgan fingerprint density at radius 3 is 1.80 bits per heavy atom. The number of hydrogen-bond acceptors (Lipinski definition) is 9. The number of aliphatic hydroxyl groups is 1. The van der Waals surface area contributed by atoms with Crippen molar-refractivity contribution in [3.63, 3.8) is 0 Å². The second-order valence-electron chi connectivity index (χ2n) is 9.48. The highest BCUT2D eigenvalue weighted by Crippen LogP contribution is 2.44. The van der Waals surface area contributed by atoms with Gasteiger partial charge < -0.3 is 34.3 Å². The second kappa shape index (κ2) is 9.83. The molecule has 2 aromatic heterocycles. The van der Waals surface area contributed by atoms with Crippen molar-refractivity contribution in [1.29, 1.82) is 0 Å². The second-order valence-corrected chi connectivity index (χ2v) is 9.48. The van der Waals surface area contributed by atoms with Gasteiger partial charge in [0.05, 0.1) is 50.2 Å². The molecule has 9 heteroatoms. The third kappa shape index (κ3) is 5.34. The summed E-state index contributed by atoms with van der Waals surface area (Å²) in [6.07, 6.45) is 10.00. The number of aromatic hydroxyl groups is 2. The minimum absolute atomic E-state index is 0.108. The first-order valence-electron chi connectivity index (χ1n) is 12.2. The summed E-state index contributed by atoms with van der Waals surface area (Å²) in [5.74, 6) is -0.551. The summed E-state index contributed by atoms with van der Waals surface area (Å²) in [5, 5.41) is 29.0. The lowest BCUT2D eigenvalue weighted by molar-refractivity contribution is -0.204. The van der Waals surface area contributed by atoms with E-state index < -0.39 is 11.4 Å². The van der Waals surface area contributed by atoms with Crippen LogP contribution < -0.4 is 0 Å². The van der Waals surface area contributed by atoms with Gasteiger partial charge in [0.15, 0.2) is 11.6 Å². The van der Waals surface area contributed by atoms with E-state index in [0.29, 0.717) is 57.8 Å². The van der Waals surface area contributed by atoms with Crippen LogP contribution in [-0.4, -0.2) is 63.3 Å². The Hall–Kier alpha value is -2.56. The van der Waals surface area contributed by atoms with E-state index in [9.17, 15) is 15.3 Å². The van der Waals surface area contributed by atoms with Gasteiger partial charge in [0.2, 0.25) is 0 Å². The molecule has 2 spiro atoms. The fourth-order valence-electron chi connectivity index (χ4n) is 5.12. The molecule has 2 aromatic rings. The van der Waals surface area contributed by atoms with Gasteiger partial charge >= 0.3 is 0 Å². The van der Waals surface area contributed by atoms with E-state index in [1.165, 1.54) is 18.0 Å². The number of allylic oxidation sites excluding steroid dienone is 1. The molecule has 2 aliphatic carbocycles. The first kappa shape index (κ1) is 24.1. The lowest BCUT2D eigenvalue weighted by Gasteiger charge is -2.40. The van der Waals surface area contributed by atoms with E-state index in [1.807, 2.05) is 6.07 Å². The van der Waals surface area contributed by atoms with E-state index in [2.05, 4.69) is 16.0 Å². The lowest BCUT2D eigenvalue weighted by atomic mass is 9.79. The zero-order valence-electron chi connectivity index (χ0n) is 19.7. The molecule has 9 nitrogen and oxygen atoms in total. The zero-order chi connectivity index (χ0) is 24.4. The summed E-state index contributed by atoms with van der Waals surface area (Å²) in [5.41, 5.74) is 1.80. The van der Waals surface area contributed by atoms with E-state index in [-0.39, 0.29) is 17.3 Å². The summed E-state index contributed by atoms with van der Waals surface area (Å²) in [7, 11) is 0. The van der Waals surface area contributed by atoms with Crippen LogP contribution in [0.4, 0.5) is 0 Å². The molecule has 0 radical (unpaired) electrons. The molecule has 0 atom stereocenters. The molecule has 188 valence electrons. The standard InChI is InChI=1S/C13H17NO4.C13H15NO3/c15-10-1-2-11(14-9-10)12(16)3-5-13(6-4-12)17-7-8-18-13;15-11-1-2-12(14-9-11)10-3-5-13(6-4-10)16-7-8-17-13/h1-2,9,15-16H,3-8H2;1-3,9,15H,4-8H2. The first-order chi connectivity index (χ1) is 16.9. The number of rotatable bonds is 2. The Bertz CT molecular complexity index is 1020. The molecular formula is C26H32N2O7. The molecule has 0 unspecified atom stereocenters. The lowest BCUT2D eigenvalue weighted by Crippen LogP contribution is -2.42. The maximum absolute atomic E-state index is 10.6. The van der Waals surface area contributed by atoms with Gasteiger partial charge in [0.25, 0.3) is 0 Å². The fourth-order valence-corrected chi connectivity index (χ4v) is 5.12. The van der Waals surface area contributed by atoms with E-state index in [1.54, 1.807) is 18.2 Å². The number of hydrogen-bond donors (Lipinski definition) is 3. The van der Waals surface area contributed by atoms with Gasteiger partial charge in [-0.3, -0.25) is 9.97 Å². The molecule has 0 bridgehead atoms. The van der Waals surface area contributed by atoms with Crippen molar-refractivity contribution in [3.05, 3.63) is 54.1 Å². The predicted octanol–water partition coefficient (Wildman–Crippen LogP) is 3.39. The van der Waals surface area contributed by atoms with Gasteiger partial charge in [0, 0.05) is 25.7 Å². The van der Waals surface area contributed by atoms with E-state index in [4.69, 9.17) is 18.9 Å². The first-order valence-corrected chi connectivity index (χ1v) is 12.2. The Morgan fingerprint density at radius 1 is 0.686 bits per heavy atom. The zero-order valence-corrected chi connectivity index (χ0v) is 19.7. The van der Waals surface area contributed by atoms with Crippen LogP contribution >= 0.6 is 0 Å². The van der Waals surface area contributed by atoms with Crippen molar-refractivity contribution < 1.29 is 34.3 Å². The molecule has 2 saturated heterocycles. The van der Waals surface area contributed by atoms with Crippen LogP contribution in [0.5, 0.6) is 11.5 Å². The normalized spacial score (nSPS) is 24.1. The average Bonchev–Trinajstić information content (AvgIpc) is 3.54. The van der Waals surface area contributed by atoms with Crippen LogP contribution in [0.15, 0.2) is 42.7 Å². The number of nitrogens with zero attached hydrogens (tertiary/aromatic N) is 2. The van der Waals surface area contributed by atoms with Crippen molar-refractivity contribution in [3.8, 4) is 11.5 Å². The monoisotopic (exact) mass is 484 g/mol. The maximum Gasteiger partial charge on any atom is 0.172 e. The minimum Gasteiger partial charge on any atom is -0.506 e. The van der Waals surface area contributed by atoms with Gasteiger partial charge in [-0.05, 0) is 49.1 Å². The molecule has 4 aliphatic rings. The van der Waals surface area contributed by atoms with Crippen molar-refractivity contribution in [2.45, 2.75) is 62.1 Å². The third-order valence-electron chi connectivity index (χ3n) is 7.20. The molecular weight excluding hydrogens is 452 g/mol. The van der Waals surface area contributed by atoms with E-state index in [0.717, 1.165) is 25.0 Å². The molecule has 4 heterocycles. The van der Waals surface area contributed by atoms with Crippen LogP contribution in [0, 0.1) is 0 Å². The summed E-state index contributed by atoms with van der Waals surface area (Å²) in [6, 6.07) is 6.72. The molecule has 0 aromatic carbocycles. The molecule has 0 amide bonds. The number of aromatic nitrogens is 2. The van der Waals surface area contributed by atoms with Crippen LogP contribution in [0.3, 0.4) is 0 Å². The Kier molecular flexibility index (Phi) is 6.78. The van der Waals surface area contributed by atoms with Gasteiger partial charge in [-0.2, -0.15) is 0 Å². The minimum atomic E-state index is -0.936. The van der Waals surface area contributed by atoms with E-state index >= 15 is 0 Å². The highest BCUT2D eigenvalue weighted by molar-refractivity contribution is 5.63. The molecule has 2 aliphatic heterocycles. The smallest absolute Gasteiger partial charge is 0.172 e. The third-order valence-corrected chi connectivity index (χ3v) is 7.20. The summed E-state index contributed by atoms with van der Waals surface area (Å²) in [4.78, 5) is 8.32. The summed E-state index contributed by atoms with van der Waals surface area (Å²) < 4.78 is 22.6. The summed E-state index contributed by atoms with van der Waals surface area (Å²) >= 11 is 0. The van der Waals surface area contributed by atoms with Crippen LogP contribution in [0.25, 0.3) is 5.57 Å². The van der Waals surface area contributed by atoms with Crippen molar-refractivity contribution >= 4 is 5.57 Å². The molecule has 6 rings (SSSR count). The number of pyridine rings is 2. The molecule has 3 fully saturated rings. The van der Waals surface area contributed by atoms with Gasteiger partial charge in [0.1, 0.15) is 17.1 Å². The van der Waals surface area contributed by atoms with Crippen molar-refractivity contribution in [2.75, 3.05) is 26.4 Å². The van der Waals surface area contributed by atoms with Crippen molar-refractivity contribution in [2.24, 2.45) is 0 Å². The van der Waals surface area contributed by atoms with Gasteiger partial charge in [-0.15, -0.1) is 0 Å². The maximum atomic E-state index is 10.6. The Labute approximate surface area is 204 Å². The molecule has 1 saturated carbocycles.